The van der Waals surface area contributed by atoms with Crippen LogP contribution in [0, 0.1) is 5.92 Å². The molecule has 0 spiro atoms. The minimum absolute atomic E-state index is 0.410. The number of nitrogens with two attached hydrogens (primary N) is 1. The van der Waals surface area contributed by atoms with E-state index in [1.54, 1.807) is 6.26 Å². The zero-order valence-electron chi connectivity index (χ0n) is 15.1. The summed E-state index contributed by atoms with van der Waals surface area (Å²) in [6.45, 7) is 3.91. The predicted molar refractivity (Wildman–Crippen MR) is 104 cm³/mol. The number of nitrogens with zero attached hydrogens (tertiary/aromatic N) is 2. The molecular weight excluding hydrogens is 324 g/mol. The summed E-state index contributed by atoms with van der Waals surface area (Å²) in [5, 5.41) is 1.28. The number of aromatic amines is 1. The van der Waals surface area contributed by atoms with Gasteiger partial charge in [0.15, 0.2) is 11.6 Å². The number of benzene rings is 1. The maximum Gasteiger partial charge on any atom is 0.168 e. The molecule has 0 amide bonds. The molecule has 134 valence electrons. The van der Waals surface area contributed by atoms with Crippen LogP contribution in [0.3, 0.4) is 0 Å². The number of likely N-dealkylation sites (N-methyl/N-ethyl adjacent to an activating group) is 1. The summed E-state index contributed by atoms with van der Waals surface area (Å²) in [6.07, 6.45) is 6.52. The SMILES string of the molecule is C[N+]12CCC(CC1)C(c1c[nH]c3ccc(N=C(N)c4ccco4)cc13)C2. The van der Waals surface area contributed by atoms with E-state index in [0.717, 1.165) is 11.6 Å². The minimum Gasteiger partial charge on any atom is -0.461 e. The molecule has 0 aliphatic carbocycles. The number of H-pyrrole nitrogens is 1. The van der Waals surface area contributed by atoms with E-state index in [1.807, 2.05) is 18.2 Å². The van der Waals surface area contributed by atoms with Crippen LogP contribution in [0.4, 0.5) is 5.69 Å². The second-order valence-corrected chi connectivity index (χ2v) is 8.14. The molecule has 3 aromatic rings. The lowest BCUT2D eigenvalue weighted by molar-refractivity contribution is -0.926. The van der Waals surface area contributed by atoms with Crippen LogP contribution >= 0.6 is 0 Å². The number of furan rings is 1. The van der Waals surface area contributed by atoms with Gasteiger partial charge >= 0.3 is 0 Å². The van der Waals surface area contributed by atoms with E-state index in [9.17, 15) is 0 Å². The number of quaternary nitrogens is 1. The Balaban J connectivity index is 1.53. The van der Waals surface area contributed by atoms with Crippen LogP contribution in [0.5, 0.6) is 0 Å². The van der Waals surface area contributed by atoms with Crippen molar-refractivity contribution in [3.05, 3.63) is 54.1 Å². The molecular formula is C21H25N4O+. The van der Waals surface area contributed by atoms with Gasteiger partial charge in [-0.15, -0.1) is 0 Å². The summed E-state index contributed by atoms with van der Waals surface area (Å²) < 4.78 is 6.56. The molecule has 1 aromatic carbocycles. The monoisotopic (exact) mass is 349 g/mol. The Morgan fingerprint density at radius 3 is 2.85 bits per heavy atom. The van der Waals surface area contributed by atoms with Crippen LogP contribution in [0.2, 0.25) is 0 Å². The molecule has 3 aliphatic heterocycles. The third-order valence-electron chi connectivity index (χ3n) is 6.41. The highest BCUT2D eigenvalue weighted by Crippen LogP contribution is 2.44. The Morgan fingerprint density at radius 2 is 2.12 bits per heavy atom. The molecule has 5 heteroatoms. The van der Waals surface area contributed by atoms with E-state index in [1.165, 1.54) is 53.4 Å². The molecule has 3 fully saturated rings. The highest BCUT2D eigenvalue weighted by molar-refractivity contribution is 5.97. The smallest absolute Gasteiger partial charge is 0.168 e. The fourth-order valence-electron chi connectivity index (χ4n) is 4.90. The van der Waals surface area contributed by atoms with E-state index in [-0.39, 0.29) is 0 Å². The number of fused-ring (bicyclic) bond motifs is 4. The Kier molecular flexibility index (Phi) is 3.47. The van der Waals surface area contributed by atoms with Gasteiger partial charge < -0.3 is 19.6 Å². The second kappa shape index (κ2) is 5.74. The van der Waals surface area contributed by atoms with Crippen molar-refractivity contribution in [3.63, 3.8) is 0 Å². The second-order valence-electron chi connectivity index (χ2n) is 8.14. The van der Waals surface area contributed by atoms with E-state index in [2.05, 4.69) is 35.4 Å². The number of hydrogen-bond donors (Lipinski definition) is 2. The van der Waals surface area contributed by atoms with Crippen molar-refractivity contribution in [1.82, 2.24) is 4.98 Å². The molecule has 3 aliphatic rings. The van der Waals surface area contributed by atoms with Gasteiger partial charge in [0.05, 0.1) is 38.6 Å². The highest BCUT2D eigenvalue weighted by atomic mass is 16.3. The number of rotatable bonds is 3. The van der Waals surface area contributed by atoms with Crippen molar-refractivity contribution < 1.29 is 8.90 Å². The molecule has 5 heterocycles. The Labute approximate surface area is 153 Å². The summed E-state index contributed by atoms with van der Waals surface area (Å²) in [6, 6.07) is 9.92. The van der Waals surface area contributed by atoms with Crippen molar-refractivity contribution >= 4 is 22.4 Å². The standard InChI is InChI=1S/C21H25N4O/c1-25-8-6-14(7-9-25)18(13-25)17-12-23-19-5-4-15(11-16(17)19)24-21(22)20-3-2-10-26-20/h2-5,10-12,14,18,23H,6-9,13H2,1H3,(H2,22,24)/q+1. The third kappa shape index (κ3) is 2.54. The van der Waals surface area contributed by atoms with Crippen molar-refractivity contribution in [2.24, 2.45) is 16.6 Å². The van der Waals surface area contributed by atoms with Gasteiger partial charge in [-0.2, -0.15) is 0 Å². The fourth-order valence-corrected chi connectivity index (χ4v) is 4.90. The molecule has 1 atom stereocenters. The zero-order chi connectivity index (χ0) is 17.7. The third-order valence-corrected chi connectivity index (χ3v) is 6.41. The van der Waals surface area contributed by atoms with Crippen LogP contribution in [-0.4, -0.2) is 42.0 Å². The van der Waals surface area contributed by atoms with Crippen LogP contribution < -0.4 is 5.73 Å². The van der Waals surface area contributed by atoms with Gasteiger partial charge in [0.1, 0.15) is 0 Å². The number of aromatic nitrogens is 1. The van der Waals surface area contributed by atoms with Gasteiger partial charge in [0.25, 0.3) is 0 Å². The van der Waals surface area contributed by atoms with Gasteiger partial charge in [-0.1, -0.05) is 0 Å². The number of piperidine rings is 3. The average molecular weight is 349 g/mol. The first kappa shape index (κ1) is 15.7. The Hall–Kier alpha value is -2.53. The maximum absolute atomic E-state index is 6.08. The summed E-state index contributed by atoms with van der Waals surface area (Å²) >= 11 is 0. The van der Waals surface area contributed by atoms with Gasteiger partial charge in [0.2, 0.25) is 0 Å². The summed E-state index contributed by atoms with van der Waals surface area (Å²) in [4.78, 5) is 8.02. The maximum atomic E-state index is 6.08. The van der Waals surface area contributed by atoms with Crippen molar-refractivity contribution in [2.75, 3.05) is 26.7 Å². The van der Waals surface area contributed by atoms with Crippen molar-refractivity contribution in [2.45, 2.75) is 18.8 Å². The molecule has 2 bridgehead atoms. The predicted octanol–water partition coefficient (Wildman–Crippen LogP) is 3.75. The van der Waals surface area contributed by atoms with Crippen molar-refractivity contribution in [3.8, 4) is 0 Å². The van der Waals surface area contributed by atoms with Gasteiger partial charge in [-0.25, -0.2) is 4.99 Å². The lowest BCUT2D eigenvalue weighted by Crippen LogP contribution is -2.58. The normalized spacial score (nSPS) is 28.7. The van der Waals surface area contributed by atoms with E-state index >= 15 is 0 Å². The van der Waals surface area contributed by atoms with Crippen LogP contribution in [0.1, 0.15) is 30.1 Å². The van der Waals surface area contributed by atoms with Crippen LogP contribution in [0.25, 0.3) is 10.9 Å². The molecule has 26 heavy (non-hydrogen) atoms. The molecule has 3 saturated heterocycles. The minimum atomic E-state index is 0.410. The zero-order valence-corrected chi connectivity index (χ0v) is 15.1. The molecule has 0 radical (unpaired) electrons. The van der Waals surface area contributed by atoms with Gasteiger partial charge in [0, 0.05) is 35.9 Å². The molecule has 1 unspecified atom stereocenters. The first-order valence-electron chi connectivity index (χ1n) is 9.44. The summed E-state index contributed by atoms with van der Waals surface area (Å²) in [5.41, 5.74) is 9.58. The Morgan fingerprint density at radius 1 is 1.27 bits per heavy atom. The number of aliphatic imine (C=N–C) groups is 1. The first-order valence-corrected chi connectivity index (χ1v) is 9.44. The van der Waals surface area contributed by atoms with Gasteiger partial charge in [-0.05, 0) is 41.8 Å². The van der Waals surface area contributed by atoms with Crippen molar-refractivity contribution in [1.29, 1.82) is 0 Å². The highest BCUT2D eigenvalue weighted by Gasteiger charge is 2.44. The van der Waals surface area contributed by atoms with Gasteiger partial charge in [-0.3, -0.25) is 0 Å². The van der Waals surface area contributed by atoms with Crippen LogP contribution in [0.15, 0.2) is 52.2 Å². The fraction of sp³-hybridized carbons (Fsp3) is 0.381. The number of amidine groups is 1. The average Bonchev–Trinajstić information content (AvgIpc) is 3.31. The molecule has 6 rings (SSSR count). The first-order chi connectivity index (χ1) is 12.6. The largest absolute Gasteiger partial charge is 0.461 e. The van der Waals surface area contributed by atoms with E-state index in [4.69, 9.17) is 10.2 Å². The molecule has 0 saturated carbocycles. The summed E-state index contributed by atoms with van der Waals surface area (Å²) in [7, 11) is 2.41. The Bertz CT molecular complexity index is 961. The molecule has 2 aromatic heterocycles. The molecule has 3 N–H and O–H groups in total. The summed E-state index contributed by atoms with van der Waals surface area (Å²) in [5.74, 6) is 2.47. The lowest BCUT2D eigenvalue weighted by Gasteiger charge is -2.50. The molecule has 5 nitrogen and oxygen atoms in total. The number of nitrogens with one attached hydrogen (secondary N) is 1. The van der Waals surface area contributed by atoms with E-state index < -0.39 is 0 Å². The van der Waals surface area contributed by atoms with E-state index in [0.29, 0.717) is 17.5 Å². The van der Waals surface area contributed by atoms with Crippen LogP contribution in [-0.2, 0) is 0 Å². The quantitative estimate of drug-likeness (QED) is 0.429. The topological polar surface area (TPSA) is 67.3 Å². The lowest BCUT2D eigenvalue weighted by atomic mass is 9.74. The number of hydrogen-bond acceptors (Lipinski definition) is 2.